The SMILES string of the molecule is CCC1C=Nc2cc(Br)cnc2N1. The Morgan fingerprint density at radius 3 is 3.23 bits per heavy atom. The van der Waals surface area contributed by atoms with Gasteiger partial charge in [-0.2, -0.15) is 0 Å². The molecule has 0 amide bonds. The zero-order valence-corrected chi connectivity index (χ0v) is 8.87. The van der Waals surface area contributed by atoms with Gasteiger partial charge in [-0.1, -0.05) is 6.92 Å². The number of aromatic nitrogens is 1. The standard InChI is InChI=1S/C9H10BrN3/c1-2-7-5-11-8-3-6(10)4-12-9(8)13-7/h3-5,7H,2H2,1H3,(H,12,13). The average molecular weight is 240 g/mol. The van der Waals surface area contributed by atoms with Crippen LogP contribution in [0.3, 0.4) is 0 Å². The third kappa shape index (κ3) is 1.72. The lowest BCUT2D eigenvalue weighted by atomic mass is 10.2. The fourth-order valence-corrected chi connectivity index (χ4v) is 1.55. The van der Waals surface area contributed by atoms with Crippen LogP contribution < -0.4 is 5.32 Å². The van der Waals surface area contributed by atoms with Gasteiger partial charge in [0.05, 0.1) is 6.04 Å². The molecule has 68 valence electrons. The molecule has 2 rings (SSSR count). The molecule has 3 nitrogen and oxygen atoms in total. The molecule has 0 aromatic carbocycles. The summed E-state index contributed by atoms with van der Waals surface area (Å²) in [5.74, 6) is 0.873. The number of anilines is 1. The third-order valence-corrected chi connectivity index (χ3v) is 2.42. The molecular formula is C9H10BrN3. The summed E-state index contributed by atoms with van der Waals surface area (Å²) in [4.78, 5) is 8.57. The van der Waals surface area contributed by atoms with Crippen LogP contribution >= 0.6 is 15.9 Å². The minimum Gasteiger partial charge on any atom is -0.361 e. The van der Waals surface area contributed by atoms with E-state index in [9.17, 15) is 0 Å². The van der Waals surface area contributed by atoms with Crippen LogP contribution in [0.4, 0.5) is 11.5 Å². The van der Waals surface area contributed by atoms with Crippen molar-refractivity contribution in [1.82, 2.24) is 4.98 Å². The molecule has 4 heteroatoms. The fraction of sp³-hybridized carbons (Fsp3) is 0.333. The lowest BCUT2D eigenvalue weighted by molar-refractivity contribution is 0.868. The van der Waals surface area contributed by atoms with E-state index < -0.39 is 0 Å². The Labute approximate surface area is 85.4 Å². The molecule has 1 N–H and O–H groups in total. The van der Waals surface area contributed by atoms with Gasteiger partial charge >= 0.3 is 0 Å². The molecule has 0 radical (unpaired) electrons. The highest BCUT2D eigenvalue weighted by Crippen LogP contribution is 2.28. The molecule has 1 atom stereocenters. The number of hydrogen-bond donors (Lipinski definition) is 1. The van der Waals surface area contributed by atoms with E-state index in [1.807, 2.05) is 12.3 Å². The van der Waals surface area contributed by atoms with E-state index >= 15 is 0 Å². The first-order valence-corrected chi connectivity index (χ1v) is 5.05. The Balaban J connectivity index is 2.35. The van der Waals surface area contributed by atoms with Crippen molar-refractivity contribution in [2.75, 3.05) is 5.32 Å². The van der Waals surface area contributed by atoms with E-state index in [1.165, 1.54) is 0 Å². The molecule has 0 spiro atoms. The smallest absolute Gasteiger partial charge is 0.152 e. The average Bonchev–Trinajstić information content (AvgIpc) is 2.17. The van der Waals surface area contributed by atoms with Gasteiger partial charge in [-0.25, -0.2) is 4.98 Å². The first-order valence-electron chi connectivity index (χ1n) is 4.26. The van der Waals surface area contributed by atoms with Gasteiger partial charge in [-0.3, -0.25) is 4.99 Å². The summed E-state index contributed by atoms with van der Waals surface area (Å²) in [7, 11) is 0. The van der Waals surface area contributed by atoms with E-state index in [2.05, 4.69) is 38.1 Å². The molecule has 0 saturated carbocycles. The maximum atomic E-state index is 4.33. The van der Waals surface area contributed by atoms with Crippen molar-refractivity contribution in [3.05, 3.63) is 16.7 Å². The van der Waals surface area contributed by atoms with Gasteiger partial charge in [0.15, 0.2) is 5.82 Å². The third-order valence-electron chi connectivity index (χ3n) is 1.99. The number of aliphatic imine (C=N–C) groups is 1. The summed E-state index contributed by atoms with van der Waals surface area (Å²) in [5, 5.41) is 3.29. The minimum atomic E-state index is 0.321. The van der Waals surface area contributed by atoms with Crippen LogP contribution in [0.15, 0.2) is 21.7 Å². The van der Waals surface area contributed by atoms with Gasteiger partial charge in [0.1, 0.15) is 5.69 Å². The van der Waals surface area contributed by atoms with E-state index in [0.717, 1.165) is 22.4 Å². The summed E-state index contributed by atoms with van der Waals surface area (Å²) in [6, 6.07) is 2.28. The number of hydrogen-bond acceptors (Lipinski definition) is 3. The van der Waals surface area contributed by atoms with Crippen molar-refractivity contribution >= 4 is 33.6 Å². The second-order valence-corrected chi connectivity index (χ2v) is 3.87. The molecule has 1 aromatic rings. The summed E-state index contributed by atoms with van der Waals surface area (Å²) in [6.07, 6.45) is 4.73. The Hall–Kier alpha value is -0.900. The highest BCUT2D eigenvalue weighted by Gasteiger charge is 2.12. The van der Waals surface area contributed by atoms with Crippen molar-refractivity contribution in [3.8, 4) is 0 Å². The Bertz CT molecular complexity index is 349. The van der Waals surface area contributed by atoms with Gasteiger partial charge in [0.25, 0.3) is 0 Å². The van der Waals surface area contributed by atoms with Crippen molar-refractivity contribution < 1.29 is 0 Å². The van der Waals surface area contributed by atoms with Crippen molar-refractivity contribution in [3.63, 3.8) is 0 Å². The van der Waals surface area contributed by atoms with Crippen LogP contribution in [-0.4, -0.2) is 17.2 Å². The first-order chi connectivity index (χ1) is 6.29. The van der Waals surface area contributed by atoms with E-state index in [4.69, 9.17) is 0 Å². The molecule has 1 unspecified atom stereocenters. The van der Waals surface area contributed by atoms with Crippen LogP contribution in [0.1, 0.15) is 13.3 Å². The molecule has 2 heterocycles. The first kappa shape index (κ1) is 8.69. The molecule has 0 aliphatic carbocycles. The number of nitrogens with one attached hydrogen (secondary N) is 1. The molecule has 1 aliphatic heterocycles. The van der Waals surface area contributed by atoms with Crippen LogP contribution in [0.25, 0.3) is 0 Å². The van der Waals surface area contributed by atoms with Crippen molar-refractivity contribution in [2.24, 2.45) is 4.99 Å². The predicted octanol–water partition coefficient (Wildman–Crippen LogP) is 2.75. The van der Waals surface area contributed by atoms with Crippen LogP contribution in [0.2, 0.25) is 0 Å². The van der Waals surface area contributed by atoms with Crippen molar-refractivity contribution in [2.45, 2.75) is 19.4 Å². The molecule has 0 saturated heterocycles. The van der Waals surface area contributed by atoms with Gasteiger partial charge in [-0.05, 0) is 28.4 Å². The normalized spacial score (nSPS) is 19.4. The number of rotatable bonds is 1. The molecule has 1 aromatic heterocycles. The van der Waals surface area contributed by atoms with Crippen molar-refractivity contribution in [1.29, 1.82) is 0 Å². The zero-order valence-electron chi connectivity index (χ0n) is 7.29. The molecule has 13 heavy (non-hydrogen) atoms. The quantitative estimate of drug-likeness (QED) is 0.819. The number of pyridine rings is 1. The van der Waals surface area contributed by atoms with Crippen LogP contribution in [0.5, 0.6) is 0 Å². The van der Waals surface area contributed by atoms with Gasteiger partial charge in [-0.15, -0.1) is 0 Å². The van der Waals surface area contributed by atoms with E-state index in [-0.39, 0.29) is 0 Å². The zero-order chi connectivity index (χ0) is 9.26. The fourth-order valence-electron chi connectivity index (χ4n) is 1.23. The van der Waals surface area contributed by atoms with Gasteiger partial charge in [0.2, 0.25) is 0 Å². The number of fused-ring (bicyclic) bond motifs is 1. The molecule has 0 fully saturated rings. The molecule has 1 aliphatic rings. The van der Waals surface area contributed by atoms with Crippen LogP contribution in [0, 0.1) is 0 Å². The maximum Gasteiger partial charge on any atom is 0.152 e. The summed E-state index contributed by atoms with van der Waals surface area (Å²) in [5.41, 5.74) is 0.902. The lowest BCUT2D eigenvalue weighted by Crippen LogP contribution is -2.23. The largest absolute Gasteiger partial charge is 0.361 e. The highest BCUT2D eigenvalue weighted by atomic mass is 79.9. The monoisotopic (exact) mass is 239 g/mol. The second-order valence-electron chi connectivity index (χ2n) is 2.96. The van der Waals surface area contributed by atoms with Crippen LogP contribution in [-0.2, 0) is 0 Å². The lowest BCUT2D eigenvalue weighted by Gasteiger charge is -2.18. The maximum absolute atomic E-state index is 4.33. The summed E-state index contributed by atoms with van der Waals surface area (Å²) >= 11 is 3.36. The Kier molecular flexibility index (Phi) is 2.31. The topological polar surface area (TPSA) is 37.3 Å². The minimum absolute atomic E-state index is 0.321. The highest BCUT2D eigenvalue weighted by molar-refractivity contribution is 9.10. The summed E-state index contributed by atoms with van der Waals surface area (Å²) in [6.45, 7) is 2.12. The summed E-state index contributed by atoms with van der Waals surface area (Å²) < 4.78 is 0.958. The number of nitrogens with zero attached hydrogens (tertiary/aromatic N) is 2. The second kappa shape index (κ2) is 3.46. The molecular weight excluding hydrogens is 230 g/mol. The molecule has 0 bridgehead atoms. The Morgan fingerprint density at radius 2 is 2.46 bits per heavy atom. The number of halogens is 1. The predicted molar refractivity (Wildman–Crippen MR) is 57.8 cm³/mol. The van der Waals surface area contributed by atoms with E-state index in [0.29, 0.717) is 6.04 Å². The van der Waals surface area contributed by atoms with E-state index in [1.54, 1.807) is 6.20 Å². The Morgan fingerprint density at radius 1 is 1.62 bits per heavy atom. The van der Waals surface area contributed by atoms with Gasteiger partial charge in [0, 0.05) is 16.9 Å². The van der Waals surface area contributed by atoms with Gasteiger partial charge < -0.3 is 5.32 Å².